The number of nitrogens with zero attached hydrogens (tertiary/aromatic N) is 5. The van der Waals surface area contributed by atoms with Gasteiger partial charge in [0.15, 0.2) is 0 Å². The highest BCUT2D eigenvalue weighted by Crippen LogP contribution is 2.19. The Morgan fingerprint density at radius 1 is 1.17 bits per heavy atom. The van der Waals surface area contributed by atoms with Crippen molar-refractivity contribution in [3.63, 3.8) is 0 Å². The summed E-state index contributed by atoms with van der Waals surface area (Å²) in [7, 11) is 1.64. The molecule has 0 radical (unpaired) electrons. The number of carbonyl (C=O) groups is 1. The second-order valence-corrected chi connectivity index (χ2v) is 5.82. The molecule has 7 heteroatoms. The largest absolute Gasteiger partial charge is 0.378 e. The third-order valence-electron chi connectivity index (χ3n) is 3.89. The monoisotopic (exact) mass is 315 g/mol. The number of carbonyl (C=O) groups excluding carboxylic acids is 1. The average Bonchev–Trinajstić information content (AvgIpc) is 2.87. The molecule has 0 unspecified atom stereocenters. The van der Waals surface area contributed by atoms with Gasteiger partial charge in [-0.15, -0.1) is 0 Å². The summed E-state index contributed by atoms with van der Waals surface area (Å²) in [6.45, 7) is 5.72. The lowest BCUT2D eigenvalue weighted by Crippen LogP contribution is -2.34. The van der Waals surface area contributed by atoms with Crippen LogP contribution in [0.4, 0.5) is 5.82 Å². The summed E-state index contributed by atoms with van der Waals surface area (Å²) >= 11 is 0. The summed E-state index contributed by atoms with van der Waals surface area (Å²) in [5.74, 6) is 1.67. The first-order chi connectivity index (χ1) is 11.1. The molecule has 0 saturated carbocycles. The lowest BCUT2D eigenvalue weighted by Gasteiger charge is -2.27. The summed E-state index contributed by atoms with van der Waals surface area (Å²) in [5, 5.41) is 4.46. The molecule has 3 rings (SSSR count). The van der Waals surface area contributed by atoms with Crippen molar-refractivity contribution in [1.29, 1.82) is 0 Å². The molecule has 0 aliphatic carbocycles. The summed E-state index contributed by atoms with van der Waals surface area (Å²) in [5.41, 5.74) is 2.71. The van der Waals surface area contributed by atoms with Crippen molar-refractivity contribution < 1.29 is 9.53 Å². The minimum atomic E-state index is 0.311. The number of hydrogen-bond donors (Lipinski definition) is 0. The van der Waals surface area contributed by atoms with E-state index in [2.05, 4.69) is 20.0 Å². The summed E-state index contributed by atoms with van der Waals surface area (Å²) in [6, 6.07) is 3.92. The predicted octanol–water partition coefficient (Wildman–Crippen LogP) is 1.59. The molecule has 3 heterocycles. The molecule has 1 fully saturated rings. The molecular weight excluding hydrogens is 294 g/mol. The molecule has 1 aliphatic heterocycles. The molecule has 0 N–H and O–H groups in total. The first-order valence-electron chi connectivity index (χ1n) is 7.74. The number of Topliss-reactive ketones (excluding diaryl/α,β-unsaturated/α-hetero) is 1. The lowest BCUT2D eigenvalue weighted by molar-refractivity contribution is -0.119. The van der Waals surface area contributed by atoms with Crippen LogP contribution in [0.3, 0.4) is 0 Å². The van der Waals surface area contributed by atoms with E-state index in [4.69, 9.17) is 4.74 Å². The van der Waals surface area contributed by atoms with Gasteiger partial charge in [0.2, 0.25) is 0 Å². The van der Waals surface area contributed by atoms with E-state index in [1.54, 1.807) is 11.8 Å². The maximum absolute atomic E-state index is 11.5. The molecule has 0 spiro atoms. The molecule has 23 heavy (non-hydrogen) atoms. The second kappa shape index (κ2) is 6.45. The van der Waals surface area contributed by atoms with Gasteiger partial charge >= 0.3 is 0 Å². The standard InChI is InChI=1S/C16H21N5O2/c1-11-8-12(2)21(19-11)16-17-13(10-23-3)9-15(18-16)20-6-4-14(22)5-7-20/h8-9H,4-7,10H2,1-3H3. The van der Waals surface area contributed by atoms with Gasteiger partial charge in [-0.3, -0.25) is 4.79 Å². The van der Waals surface area contributed by atoms with E-state index in [-0.39, 0.29) is 0 Å². The quantitative estimate of drug-likeness (QED) is 0.853. The van der Waals surface area contributed by atoms with Gasteiger partial charge in [-0.2, -0.15) is 10.1 Å². The van der Waals surface area contributed by atoms with Crippen LogP contribution in [0.2, 0.25) is 0 Å². The van der Waals surface area contributed by atoms with Crippen LogP contribution in [0.5, 0.6) is 0 Å². The highest BCUT2D eigenvalue weighted by atomic mass is 16.5. The van der Waals surface area contributed by atoms with E-state index in [0.717, 1.165) is 22.9 Å². The number of anilines is 1. The number of ketones is 1. The van der Waals surface area contributed by atoms with Gasteiger partial charge in [0, 0.05) is 44.8 Å². The third kappa shape index (κ3) is 3.39. The van der Waals surface area contributed by atoms with Gasteiger partial charge in [-0.05, 0) is 19.9 Å². The molecule has 0 atom stereocenters. The maximum Gasteiger partial charge on any atom is 0.253 e. The van der Waals surface area contributed by atoms with Crippen molar-refractivity contribution in [3.8, 4) is 5.95 Å². The molecule has 0 aromatic carbocycles. The fourth-order valence-corrected chi connectivity index (χ4v) is 2.76. The molecule has 0 amide bonds. The number of hydrogen-bond acceptors (Lipinski definition) is 6. The van der Waals surface area contributed by atoms with Gasteiger partial charge < -0.3 is 9.64 Å². The molecular formula is C16H21N5O2. The van der Waals surface area contributed by atoms with Crippen LogP contribution in [0.1, 0.15) is 29.9 Å². The number of aromatic nitrogens is 4. The smallest absolute Gasteiger partial charge is 0.253 e. The number of rotatable bonds is 4. The zero-order valence-electron chi connectivity index (χ0n) is 13.7. The van der Waals surface area contributed by atoms with E-state index in [1.165, 1.54) is 0 Å². The normalized spacial score (nSPS) is 15.3. The zero-order chi connectivity index (χ0) is 16.4. The summed E-state index contributed by atoms with van der Waals surface area (Å²) in [4.78, 5) is 22.8. The number of piperidine rings is 1. The minimum absolute atomic E-state index is 0.311. The van der Waals surface area contributed by atoms with E-state index >= 15 is 0 Å². The molecule has 122 valence electrons. The van der Waals surface area contributed by atoms with E-state index in [9.17, 15) is 4.79 Å². The van der Waals surface area contributed by atoms with Gasteiger partial charge in [0.25, 0.3) is 5.95 Å². The predicted molar refractivity (Wildman–Crippen MR) is 85.8 cm³/mol. The molecule has 2 aromatic heterocycles. The lowest BCUT2D eigenvalue weighted by atomic mass is 10.1. The van der Waals surface area contributed by atoms with Crippen LogP contribution in [0.25, 0.3) is 5.95 Å². The Balaban J connectivity index is 1.99. The Hall–Kier alpha value is -2.28. The molecule has 1 aliphatic rings. The van der Waals surface area contributed by atoms with Gasteiger partial charge in [-0.1, -0.05) is 0 Å². The topological polar surface area (TPSA) is 73.1 Å². The fourth-order valence-electron chi connectivity index (χ4n) is 2.76. The fraction of sp³-hybridized carbons (Fsp3) is 0.500. The Kier molecular flexibility index (Phi) is 4.38. The second-order valence-electron chi connectivity index (χ2n) is 5.82. The van der Waals surface area contributed by atoms with Crippen LogP contribution in [0.15, 0.2) is 12.1 Å². The third-order valence-corrected chi connectivity index (χ3v) is 3.89. The zero-order valence-corrected chi connectivity index (χ0v) is 13.7. The van der Waals surface area contributed by atoms with E-state index < -0.39 is 0 Å². The Bertz CT molecular complexity index is 715. The summed E-state index contributed by atoms with van der Waals surface area (Å²) < 4.78 is 6.96. The minimum Gasteiger partial charge on any atom is -0.378 e. The van der Waals surface area contributed by atoms with Crippen LogP contribution in [0, 0.1) is 13.8 Å². The summed E-state index contributed by atoms with van der Waals surface area (Å²) in [6.07, 6.45) is 1.14. The SMILES string of the molecule is COCc1cc(N2CCC(=O)CC2)nc(-n2nc(C)cc2C)n1. The Morgan fingerprint density at radius 2 is 1.91 bits per heavy atom. The van der Waals surface area contributed by atoms with Crippen LogP contribution in [-0.4, -0.2) is 45.7 Å². The van der Waals surface area contributed by atoms with Crippen LogP contribution in [-0.2, 0) is 16.1 Å². The van der Waals surface area contributed by atoms with Gasteiger partial charge in [-0.25, -0.2) is 9.67 Å². The average molecular weight is 315 g/mol. The van der Waals surface area contributed by atoms with Crippen molar-refractivity contribution in [1.82, 2.24) is 19.7 Å². The Morgan fingerprint density at radius 3 is 2.52 bits per heavy atom. The van der Waals surface area contributed by atoms with Crippen molar-refractivity contribution in [2.24, 2.45) is 0 Å². The van der Waals surface area contributed by atoms with E-state index in [0.29, 0.717) is 44.3 Å². The maximum atomic E-state index is 11.5. The first kappa shape index (κ1) is 15.6. The number of aryl methyl sites for hydroxylation is 2. The molecule has 2 aromatic rings. The van der Waals surface area contributed by atoms with E-state index in [1.807, 2.05) is 26.0 Å². The first-order valence-corrected chi connectivity index (χ1v) is 7.74. The van der Waals surface area contributed by atoms with Crippen molar-refractivity contribution >= 4 is 11.6 Å². The van der Waals surface area contributed by atoms with Crippen molar-refractivity contribution in [3.05, 3.63) is 29.2 Å². The highest BCUT2D eigenvalue weighted by Gasteiger charge is 2.19. The number of methoxy groups -OCH3 is 1. The highest BCUT2D eigenvalue weighted by molar-refractivity contribution is 5.80. The number of ether oxygens (including phenoxy) is 1. The van der Waals surface area contributed by atoms with Gasteiger partial charge in [0.1, 0.15) is 11.6 Å². The van der Waals surface area contributed by atoms with Crippen LogP contribution >= 0.6 is 0 Å². The van der Waals surface area contributed by atoms with Crippen LogP contribution < -0.4 is 4.90 Å². The van der Waals surface area contributed by atoms with Crippen molar-refractivity contribution in [2.45, 2.75) is 33.3 Å². The van der Waals surface area contributed by atoms with Gasteiger partial charge in [0.05, 0.1) is 18.0 Å². The molecule has 7 nitrogen and oxygen atoms in total. The molecule has 1 saturated heterocycles. The Labute approximate surface area is 135 Å². The molecule has 0 bridgehead atoms. The van der Waals surface area contributed by atoms with Crippen molar-refractivity contribution in [2.75, 3.05) is 25.1 Å².